The molecule has 0 aliphatic carbocycles. The number of nitriles is 1. The lowest BCUT2D eigenvalue weighted by Crippen LogP contribution is -2.16. The van der Waals surface area contributed by atoms with Crippen molar-refractivity contribution in [3.63, 3.8) is 0 Å². The maximum atomic E-state index is 11.0. The van der Waals surface area contributed by atoms with Gasteiger partial charge < -0.3 is 4.90 Å². The average molecular weight is 346 g/mol. The van der Waals surface area contributed by atoms with Crippen LogP contribution in [0.15, 0.2) is 46.9 Å². The molecule has 0 spiro atoms. The number of nitrogens with zero attached hydrogens (tertiary/aromatic N) is 3. The first-order valence-corrected chi connectivity index (χ1v) is 6.94. The minimum absolute atomic E-state index is 0.0702. The van der Waals surface area contributed by atoms with E-state index in [1.807, 2.05) is 42.3 Å². The molecule has 0 unspecified atom stereocenters. The van der Waals surface area contributed by atoms with Gasteiger partial charge >= 0.3 is 0 Å². The van der Waals surface area contributed by atoms with E-state index in [1.54, 1.807) is 6.07 Å². The zero-order chi connectivity index (χ0) is 15.4. The Hall–Kier alpha value is -2.39. The summed E-state index contributed by atoms with van der Waals surface area (Å²) in [5.41, 5.74) is 1.69. The van der Waals surface area contributed by atoms with Crippen LogP contribution in [0.1, 0.15) is 11.1 Å². The summed E-state index contributed by atoms with van der Waals surface area (Å²) < 4.78 is 1.00. The molecule has 2 aromatic rings. The smallest absolute Gasteiger partial charge is 0.289 e. The standard InChI is InChI=1S/C15H12BrN3O2/c1-18(10-11-2-5-13(16)6-3-11)14-7-4-12(9-17)15(8-14)19(20)21/h2-8H,10H2,1H3. The van der Waals surface area contributed by atoms with Crippen LogP contribution in [0.2, 0.25) is 0 Å². The summed E-state index contributed by atoms with van der Waals surface area (Å²) in [5.74, 6) is 0. The third kappa shape index (κ3) is 3.58. The van der Waals surface area contributed by atoms with Gasteiger partial charge in [-0.3, -0.25) is 10.1 Å². The highest BCUT2D eigenvalue weighted by Crippen LogP contribution is 2.25. The van der Waals surface area contributed by atoms with Crippen molar-refractivity contribution in [2.45, 2.75) is 6.54 Å². The molecule has 0 fully saturated rings. The Morgan fingerprint density at radius 2 is 1.95 bits per heavy atom. The molecule has 0 radical (unpaired) electrons. The monoisotopic (exact) mass is 345 g/mol. The van der Waals surface area contributed by atoms with Crippen molar-refractivity contribution in [2.24, 2.45) is 0 Å². The second kappa shape index (κ2) is 6.37. The fourth-order valence-electron chi connectivity index (χ4n) is 1.96. The van der Waals surface area contributed by atoms with Crippen LogP contribution in [-0.2, 0) is 6.54 Å². The molecule has 2 rings (SSSR count). The number of nitro benzene ring substituents is 1. The Morgan fingerprint density at radius 3 is 2.52 bits per heavy atom. The number of rotatable bonds is 4. The molecule has 0 saturated heterocycles. The van der Waals surface area contributed by atoms with E-state index >= 15 is 0 Å². The normalized spacial score (nSPS) is 9.95. The third-order valence-electron chi connectivity index (χ3n) is 3.07. The second-order valence-electron chi connectivity index (χ2n) is 4.55. The van der Waals surface area contributed by atoms with E-state index in [0.717, 1.165) is 10.0 Å². The van der Waals surface area contributed by atoms with Crippen LogP contribution in [-0.4, -0.2) is 12.0 Å². The number of benzene rings is 2. The first-order valence-electron chi connectivity index (χ1n) is 6.15. The van der Waals surface area contributed by atoms with Crippen molar-refractivity contribution in [3.05, 3.63) is 68.2 Å². The van der Waals surface area contributed by atoms with Crippen molar-refractivity contribution < 1.29 is 4.92 Å². The Bertz CT molecular complexity index is 708. The van der Waals surface area contributed by atoms with Crippen LogP contribution in [0.5, 0.6) is 0 Å². The Labute approximate surface area is 130 Å². The maximum Gasteiger partial charge on any atom is 0.289 e. The molecule has 0 bridgehead atoms. The summed E-state index contributed by atoms with van der Waals surface area (Å²) in [6.45, 7) is 0.621. The van der Waals surface area contributed by atoms with Gasteiger partial charge in [-0.2, -0.15) is 5.26 Å². The lowest BCUT2D eigenvalue weighted by Gasteiger charge is -2.19. The lowest BCUT2D eigenvalue weighted by molar-refractivity contribution is -0.385. The van der Waals surface area contributed by atoms with Crippen molar-refractivity contribution in [3.8, 4) is 6.07 Å². The topological polar surface area (TPSA) is 70.2 Å². The van der Waals surface area contributed by atoms with Gasteiger partial charge in [-0.25, -0.2) is 0 Å². The van der Waals surface area contributed by atoms with Gasteiger partial charge in [0.2, 0.25) is 0 Å². The van der Waals surface area contributed by atoms with Gasteiger partial charge in [0.05, 0.1) is 4.92 Å². The van der Waals surface area contributed by atoms with Gasteiger partial charge in [-0.1, -0.05) is 28.1 Å². The van der Waals surface area contributed by atoms with Gasteiger partial charge in [-0.05, 0) is 29.8 Å². The first kappa shape index (κ1) is 15.0. The molecule has 0 saturated carbocycles. The van der Waals surface area contributed by atoms with E-state index in [0.29, 0.717) is 12.2 Å². The minimum Gasteiger partial charge on any atom is -0.370 e. The molecule has 0 heterocycles. The van der Waals surface area contributed by atoms with Crippen LogP contribution in [0, 0.1) is 21.4 Å². The van der Waals surface area contributed by atoms with Crippen LogP contribution in [0.25, 0.3) is 0 Å². The number of halogens is 1. The van der Waals surface area contributed by atoms with Crippen LogP contribution >= 0.6 is 15.9 Å². The van der Waals surface area contributed by atoms with E-state index in [-0.39, 0.29) is 11.3 Å². The summed E-state index contributed by atoms with van der Waals surface area (Å²) >= 11 is 3.38. The molecule has 0 atom stereocenters. The summed E-state index contributed by atoms with van der Waals surface area (Å²) in [6.07, 6.45) is 0. The average Bonchev–Trinajstić information content (AvgIpc) is 2.48. The Kier molecular flexibility index (Phi) is 4.55. The molecule has 0 N–H and O–H groups in total. The highest BCUT2D eigenvalue weighted by molar-refractivity contribution is 9.10. The quantitative estimate of drug-likeness (QED) is 0.623. The summed E-state index contributed by atoms with van der Waals surface area (Å²) in [4.78, 5) is 12.3. The summed E-state index contributed by atoms with van der Waals surface area (Å²) in [6, 6.07) is 14.3. The minimum atomic E-state index is -0.532. The van der Waals surface area contributed by atoms with E-state index in [2.05, 4.69) is 15.9 Å². The fourth-order valence-corrected chi connectivity index (χ4v) is 2.22. The van der Waals surface area contributed by atoms with Crippen molar-refractivity contribution in [2.75, 3.05) is 11.9 Å². The third-order valence-corrected chi connectivity index (χ3v) is 3.60. The first-order chi connectivity index (χ1) is 10.0. The van der Waals surface area contributed by atoms with Gasteiger partial charge in [0, 0.05) is 29.8 Å². The zero-order valence-electron chi connectivity index (χ0n) is 11.3. The highest BCUT2D eigenvalue weighted by Gasteiger charge is 2.15. The number of anilines is 1. The van der Waals surface area contributed by atoms with E-state index in [4.69, 9.17) is 5.26 Å². The van der Waals surface area contributed by atoms with Crippen LogP contribution in [0.3, 0.4) is 0 Å². The maximum absolute atomic E-state index is 11.0. The molecule has 6 heteroatoms. The lowest BCUT2D eigenvalue weighted by atomic mass is 10.1. The molecular weight excluding hydrogens is 334 g/mol. The molecule has 106 valence electrons. The summed E-state index contributed by atoms with van der Waals surface area (Å²) in [5, 5.41) is 19.9. The predicted molar refractivity (Wildman–Crippen MR) is 84.1 cm³/mol. The van der Waals surface area contributed by atoms with Crippen molar-refractivity contribution in [1.29, 1.82) is 5.26 Å². The molecule has 21 heavy (non-hydrogen) atoms. The zero-order valence-corrected chi connectivity index (χ0v) is 12.9. The largest absolute Gasteiger partial charge is 0.370 e. The molecule has 0 aromatic heterocycles. The Morgan fingerprint density at radius 1 is 1.29 bits per heavy atom. The van der Waals surface area contributed by atoms with E-state index in [9.17, 15) is 10.1 Å². The number of hydrogen-bond donors (Lipinski definition) is 0. The van der Waals surface area contributed by atoms with Gasteiger partial charge in [0.1, 0.15) is 11.6 Å². The summed E-state index contributed by atoms with van der Waals surface area (Å²) in [7, 11) is 1.85. The second-order valence-corrected chi connectivity index (χ2v) is 5.47. The van der Waals surface area contributed by atoms with Crippen molar-refractivity contribution >= 4 is 27.3 Å². The predicted octanol–water partition coefficient (Wildman–Crippen LogP) is 3.87. The van der Waals surface area contributed by atoms with Crippen LogP contribution < -0.4 is 4.90 Å². The molecule has 2 aromatic carbocycles. The number of hydrogen-bond acceptors (Lipinski definition) is 4. The Balaban J connectivity index is 2.25. The van der Waals surface area contributed by atoms with Gasteiger partial charge in [0.15, 0.2) is 0 Å². The molecule has 0 aliphatic rings. The SMILES string of the molecule is CN(Cc1ccc(Br)cc1)c1ccc(C#N)c([N+](=O)[O-])c1. The molecule has 0 aliphatic heterocycles. The molecule has 5 nitrogen and oxygen atoms in total. The van der Waals surface area contributed by atoms with Gasteiger partial charge in [-0.15, -0.1) is 0 Å². The molecule has 0 amide bonds. The van der Waals surface area contributed by atoms with Crippen LogP contribution in [0.4, 0.5) is 11.4 Å². The van der Waals surface area contributed by atoms with Gasteiger partial charge in [0.25, 0.3) is 5.69 Å². The molecular formula is C15H12BrN3O2. The van der Waals surface area contributed by atoms with E-state index < -0.39 is 4.92 Å². The van der Waals surface area contributed by atoms with E-state index in [1.165, 1.54) is 12.1 Å². The fraction of sp³-hybridized carbons (Fsp3) is 0.133. The van der Waals surface area contributed by atoms with Crippen molar-refractivity contribution in [1.82, 2.24) is 0 Å². The number of nitro groups is 1. The highest BCUT2D eigenvalue weighted by atomic mass is 79.9.